The number of nitrogens with one attached hydrogen (secondary N) is 1. The first-order valence-electron chi connectivity index (χ1n) is 6.23. The normalized spacial score (nSPS) is 20.6. The minimum Gasteiger partial charge on any atom is -0.375 e. The van der Waals surface area contributed by atoms with Crippen LogP contribution in [-0.2, 0) is 10.4 Å². The van der Waals surface area contributed by atoms with Crippen molar-refractivity contribution in [2.45, 2.75) is 18.9 Å². The lowest BCUT2D eigenvalue weighted by atomic mass is 9.89. The van der Waals surface area contributed by atoms with Gasteiger partial charge in [0.25, 0.3) is 5.91 Å². The first kappa shape index (κ1) is 13.0. The number of thiophene rings is 1. The summed E-state index contributed by atoms with van der Waals surface area (Å²) in [5.74, 6) is -0.756. The van der Waals surface area contributed by atoms with E-state index in [9.17, 15) is 14.7 Å². The van der Waals surface area contributed by atoms with E-state index in [1.807, 2.05) is 18.4 Å². The molecule has 102 valence electrons. The fourth-order valence-corrected chi connectivity index (χ4v) is 3.31. The molecule has 0 spiro atoms. The second-order valence-electron chi connectivity index (χ2n) is 4.89. The van der Waals surface area contributed by atoms with Crippen LogP contribution in [0.15, 0.2) is 35.7 Å². The molecule has 1 aliphatic rings. The predicted octanol–water partition coefficient (Wildman–Crippen LogP) is 2.47. The number of carbonyl (C=O) groups is 2. The highest BCUT2D eigenvalue weighted by Gasteiger charge is 2.46. The van der Waals surface area contributed by atoms with E-state index in [1.165, 1.54) is 11.3 Å². The number of ketones is 1. The number of fused-ring (bicyclic) bond motifs is 1. The van der Waals surface area contributed by atoms with E-state index in [2.05, 4.69) is 5.32 Å². The van der Waals surface area contributed by atoms with Gasteiger partial charge in [-0.25, -0.2) is 0 Å². The maximum absolute atomic E-state index is 12.3. The second-order valence-corrected chi connectivity index (χ2v) is 5.81. The molecule has 0 aliphatic carbocycles. The minimum absolute atomic E-state index is 0.216. The van der Waals surface area contributed by atoms with E-state index >= 15 is 0 Å². The molecule has 2 N–H and O–H groups in total. The summed E-state index contributed by atoms with van der Waals surface area (Å²) in [5.41, 5.74) is 0.128. The fourth-order valence-electron chi connectivity index (χ4n) is 2.45. The van der Waals surface area contributed by atoms with Gasteiger partial charge in [0.15, 0.2) is 11.4 Å². The molecule has 1 atom stereocenters. The fraction of sp³-hybridized carbons (Fsp3) is 0.200. The Labute approximate surface area is 120 Å². The number of rotatable bonds is 3. The largest absolute Gasteiger partial charge is 0.375 e. The summed E-state index contributed by atoms with van der Waals surface area (Å²) in [5, 5.41) is 15.1. The Hall–Kier alpha value is -1.98. The van der Waals surface area contributed by atoms with Gasteiger partial charge in [-0.3, -0.25) is 9.59 Å². The van der Waals surface area contributed by atoms with Gasteiger partial charge < -0.3 is 10.4 Å². The van der Waals surface area contributed by atoms with E-state index in [-0.39, 0.29) is 12.2 Å². The summed E-state index contributed by atoms with van der Waals surface area (Å²) < 4.78 is 0. The van der Waals surface area contributed by atoms with Crippen LogP contribution in [0.2, 0.25) is 0 Å². The molecular formula is C15H13NO3S. The number of carbonyl (C=O) groups excluding carboxylic acids is 2. The summed E-state index contributed by atoms with van der Waals surface area (Å²) in [6.45, 7) is 1.84. The van der Waals surface area contributed by atoms with Crippen molar-refractivity contribution in [3.05, 3.63) is 51.7 Å². The van der Waals surface area contributed by atoms with Gasteiger partial charge in [0.05, 0.1) is 11.3 Å². The van der Waals surface area contributed by atoms with E-state index in [0.29, 0.717) is 16.1 Å². The smallest absolute Gasteiger partial charge is 0.261 e. The molecule has 20 heavy (non-hydrogen) atoms. The molecule has 0 fully saturated rings. The molecule has 0 saturated heterocycles. The molecule has 5 heteroatoms. The van der Waals surface area contributed by atoms with Gasteiger partial charge in [-0.1, -0.05) is 18.2 Å². The molecule has 0 radical (unpaired) electrons. The number of amides is 1. The number of benzene rings is 1. The van der Waals surface area contributed by atoms with Gasteiger partial charge in [0.2, 0.25) is 0 Å². The molecule has 0 saturated carbocycles. The first-order chi connectivity index (χ1) is 9.52. The molecule has 1 aromatic heterocycles. The number of Topliss-reactive ketones (excluding diaryl/α,β-unsaturated/α-hetero) is 1. The topological polar surface area (TPSA) is 66.4 Å². The SMILES string of the molecule is Cc1ccsc1C(=O)CC1(O)C(=O)Nc2ccccc21. The Kier molecular flexibility index (Phi) is 2.96. The Morgan fingerprint density at radius 2 is 2.10 bits per heavy atom. The van der Waals surface area contributed by atoms with Crippen molar-refractivity contribution in [2.75, 3.05) is 5.32 Å². The average molecular weight is 287 g/mol. The summed E-state index contributed by atoms with van der Waals surface area (Å²) in [6.07, 6.45) is -0.239. The van der Waals surface area contributed by atoms with Crippen LogP contribution in [0.25, 0.3) is 0 Å². The highest BCUT2D eigenvalue weighted by molar-refractivity contribution is 7.12. The Morgan fingerprint density at radius 1 is 1.35 bits per heavy atom. The summed E-state index contributed by atoms with van der Waals surface area (Å²) in [7, 11) is 0. The number of aliphatic hydroxyl groups is 1. The first-order valence-corrected chi connectivity index (χ1v) is 7.11. The van der Waals surface area contributed by atoms with Crippen molar-refractivity contribution < 1.29 is 14.7 Å². The second kappa shape index (κ2) is 4.54. The van der Waals surface area contributed by atoms with Crippen molar-refractivity contribution in [3.8, 4) is 0 Å². The summed E-state index contributed by atoms with van der Waals surface area (Å²) in [6, 6.07) is 8.75. The van der Waals surface area contributed by atoms with E-state index < -0.39 is 11.5 Å². The molecule has 2 heterocycles. The molecule has 0 bridgehead atoms. The van der Waals surface area contributed by atoms with E-state index in [1.54, 1.807) is 24.3 Å². The quantitative estimate of drug-likeness (QED) is 0.852. The maximum atomic E-state index is 12.3. The van der Waals surface area contributed by atoms with Crippen LogP contribution < -0.4 is 5.32 Å². The molecule has 4 nitrogen and oxygen atoms in total. The van der Waals surface area contributed by atoms with E-state index in [0.717, 1.165) is 5.56 Å². The van der Waals surface area contributed by atoms with Crippen molar-refractivity contribution >= 4 is 28.7 Å². The van der Waals surface area contributed by atoms with Gasteiger partial charge in [-0.2, -0.15) is 0 Å². The number of para-hydroxylation sites is 1. The summed E-state index contributed by atoms with van der Waals surface area (Å²) >= 11 is 1.33. The van der Waals surface area contributed by atoms with Crippen LogP contribution >= 0.6 is 11.3 Å². The lowest BCUT2D eigenvalue weighted by molar-refractivity contribution is -0.133. The lowest BCUT2D eigenvalue weighted by Crippen LogP contribution is -2.36. The van der Waals surface area contributed by atoms with Crippen LogP contribution in [0.5, 0.6) is 0 Å². The van der Waals surface area contributed by atoms with Crippen molar-refractivity contribution in [1.82, 2.24) is 0 Å². The van der Waals surface area contributed by atoms with Gasteiger partial charge in [-0.05, 0) is 30.0 Å². The number of anilines is 1. The molecular weight excluding hydrogens is 274 g/mol. The molecule has 3 rings (SSSR count). The highest BCUT2D eigenvalue weighted by Crippen LogP contribution is 2.39. The average Bonchev–Trinajstić information content (AvgIpc) is 2.94. The predicted molar refractivity (Wildman–Crippen MR) is 77.0 cm³/mol. The molecule has 2 aromatic rings. The zero-order valence-electron chi connectivity index (χ0n) is 10.8. The standard InChI is InChI=1S/C15H13NO3S/c1-9-6-7-20-13(9)12(17)8-15(19)10-4-2-3-5-11(10)16-14(15)18/h2-7,19H,8H2,1H3,(H,16,18). The molecule has 1 amide bonds. The minimum atomic E-state index is -1.77. The van der Waals surface area contributed by atoms with Crippen LogP contribution in [0.3, 0.4) is 0 Å². The number of aryl methyl sites for hydroxylation is 1. The Balaban J connectivity index is 1.96. The van der Waals surface area contributed by atoms with Crippen LogP contribution in [0, 0.1) is 6.92 Å². The zero-order chi connectivity index (χ0) is 14.3. The van der Waals surface area contributed by atoms with Crippen molar-refractivity contribution in [1.29, 1.82) is 0 Å². The van der Waals surface area contributed by atoms with Crippen LogP contribution in [-0.4, -0.2) is 16.8 Å². The van der Waals surface area contributed by atoms with Gasteiger partial charge in [0, 0.05) is 11.3 Å². The lowest BCUT2D eigenvalue weighted by Gasteiger charge is -2.19. The third-order valence-electron chi connectivity index (χ3n) is 3.53. The molecule has 1 aliphatic heterocycles. The Bertz CT molecular complexity index is 707. The third kappa shape index (κ3) is 1.87. The molecule has 1 unspecified atom stereocenters. The van der Waals surface area contributed by atoms with Crippen LogP contribution in [0.4, 0.5) is 5.69 Å². The van der Waals surface area contributed by atoms with Crippen molar-refractivity contribution in [3.63, 3.8) is 0 Å². The van der Waals surface area contributed by atoms with Crippen molar-refractivity contribution in [2.24, 2.45) is 0 Å². The zero-order valence-corrected chi connectivity index (χ0v) is 11.7. The van der Waals surface area contributed by atoms with Gasteiger partial charge in [0.1, 0.15) is 0 Å². The Morgan fingerprint density at radius 3 is 2.80 bits per heavy atom. The monoisotopic (exact) mass is 287 g/mol. The maximum Gasteiger partial charge on any atom is 0.261 e. The number of hydrogen-bond donors (Lipinski definition) is 2. The summed E-state index contributed by atoms with van der Waals surface area (Å²) in [4.78, 5) is 24.9. The molecule has 1 aromatic carbocycles. The third-order valence-corrected chi connectivity index (χ3v) is 4.59. The highest BCUT2D eigenvalue weighted by atomic mass is 32.1. The van der Waals surface area contributed by atoms with Gasteiger partial charge in [-0.15, -0.1) is 11.3 Å². The number of hydrogen-bond acceptors (Lipinski definition) is 4. The van der Waals surface area contributed by atoms with E-state index in [4.69, 9.17) is 0 Å². The van der Waals surface area contributed by atoms with Gasteiger partial charge >= 0.3 is 0 Å². The van der Waals surface area contributed by atoms with Crippen LogP contribution in [0.1, 0.15) is 27.2 Å².